The van der Waals surface area contributed by atoms with Gasteiger partial charge in [-0.3, -0.25) is 9.79 Å². The molecule has 0 radical (unpaired) electrons. The van der Waals surface area contributed by atoms with Crippen molar-refractivity contribution in [2.24, 2.45) is 10.4 Å². The molecule has 1 amide bonds. The van der Waals surface area contributed by atoms with Gasteiger partial charge in [-0.05, 0) is 26.0 Å². The van der Waals surface area contributed by atoms with Gasteiger partial charge < -0.3 is 20.4 Å². The van der Waals surface area contributed by atoms with Gasteiger partial charge in [-0.25, -0.2) is 0 Å². The number of carbonyl (C=O) groups excluding carboxylic acids is 1. The molecule has 26 heavy (non-hydrogen) atoms. The molecule has 0 aliphatic carbocycles. The van der Waals surface area contributed by atoms with E-state index in [2.05, 4.69) is 20.9 Å². The van der Waals surface area contributed by atoms with Crippen LogP contribution in [0.1, 0.15) is 46.4 Å². The van der Waals surface area contributed by atoms with E-state index in [9.17, 15) is 4.79 Å². The quantitative estimate of drug-likeness (QED) is 0.421. The van der Waals surface area contributed by atoms with E-state index < -0.39 is 0 Å². The number of aliphatic imine (C=N–C) groups is 1. The monoisotopic (exact) mass is 358 g/mol. The number of benzene rings is 1. The second-order valence-corrected chi connectivity index (χ2v) is 7.32. The Hall–Kier alpha value is -2.50. The molecule has 2 aromatic rings. The van der Waals surface area contributed by atoms with Crippen molar-refractivity contribution in [2.75, 3.05) is 19.6 Å². The lowest BCUT2D eigenvalue weighted by Gasteiger charge is -2.18. The van der Waals surface area contributed by atoms with E-state index in [1.807, 2.05) is 65.0 Å². The Balaban J connectivity index is 1.94. The molecule has 2 rings (SSSR count). The molecule has 1 heterocycles. The first kappa shape index (κ1) is 19.8. The van der Waals surface area contributed by atoms with Crippen LogP contribution in [-0.4, -0.2) is 31.5 Å². The smallest absolute Gasteiger partial charge is 0.225 e. The Morgan fingerprint density at radius 3 is 2.62 bits per heavy atom. The minimum atomic E-state index is -0.387. The molecule has 6 nitrogen and oxygen atoms in total. The number of furan rings is 1. The van der Waals surface area contributed by atoms with Gasteiger partial charge in [-0.1, -0.05) is 39.0 Å². The Kier molecular flexibility index (Phi) is 6.66. The molecule has 1 unspecified atom stereocenters. The SMILES string of the molecule is CCNC(=NCCNC(=O)C(C)(C)C)NC(C)c1cc2ccccc2o1. The predicted octanol–water partition coefficient (Wildman–Crippen LogP) is 3.21. The molecular formula is C20H30N4O2. The van der Waals surface area contributed by atoms with Crippen molar-refractivity contribution >= 4 is 22.8 Å². The maximum atomic E-state index is 11.9. The lowest BCUT2D eigenvalue weighted by atomic mass is 9.96. The van der Waals surface area contributed by atoms with Gasteiger partial charge in [0.25, 0.3) is 0 Å². The number of rotatable bonds is 6. The molecule has 0 fully saturated rings. The second-order valence-electron chi connectivity index (χ2n) is 7.32. The van der Waals surface area contributed by atoms with E-state index in [1.165, 1.54) is 0 Å². The van der Waals surface area contributed by atoms with Gasteiger partial charge in [0.15, 0.2) is 5.96 Å². The van der Waals surface area contributed by atoms with E-state index in [0.29, 0.717) is 19.0 Å². The Morgan fingerprint density at radius 2 is 1.96 bits per heavy atom. The lowest BCUT2D eigenvalue weighted by Crippen LogP contribution is -2.40. The van der Waals surface area contributed by atoms with Crippen molar-refractivity contribution in [3.8, 4) is 0 Å². The lowest BCUT2D eigenvalue weighted by molar-refractivity contribution is -0.128. The third-order valence-electron chi connectivity index (χ3n) is 3.92. The molecule has 0 spiro atoms. The highest BCUT2D eigenvalue weighted by molar-refractivity contribution is 5.82. The van der Waals surface area contributed by atoms with Crippen LogP contribution in [0.2, 0.25) is 0 Å². The summed E-state index contributed by atoms with van der Waals surface area (Å²) in [5.74, 6) is 1.59. The van der Waals surface area contributed by atoms with E-state index in [0.717, 1.165) is 23.3 Å². The molecule has 3 N–H and O–H groups in total. The normalized spacial score (nSPS) is 13.5. The zero-order valence-corrected chi connectivity index (χ0v) is 16.3. The zero-order chi connectivity index (χ0) is 19.2. The third-order valence-corrected chi connectivity index (χ3v) is 3.92. The van der Waals surface area contributed by atoms with Crippen LogP contribution in [0.4, 0.5) is 0 Å². The number of fused-ring (bicyclic) bond motifs is 1. The summed E-state index contributed by atoms with van der Waals surface area (Å²) in [5, 5.41) is 10.6. The summed E-state index contributed by atoms with van der Waals surface area (Å²) in [7, 11) is 0. The van der Waals surface area contributed by atoms with Crippen LogP contribution < -0.4 is 16.0 Å². The minimum Gasteiger partial charge on any atom is -0.459 e. The Morgan fingerprint density at radius 1 is 1.23 bits per heavy atom. The molecule has 1 atom stereocenters. The van der Waals surface area contributed by atoms with Crippen molar-refractivity contribution in [3.05, 3.63) is 36.1 Å². The number of guanidine groups is 1. The fourth-order valence-electron chi connectivity index (χ4n) is 2.41. The van der Waals surface area contributed by atoms with Gasteiger partial charge >= 0.3 is 0 Å². The molecule has 0 aliphatic rings. The summed E-state index contributed by atoms with van der Waals surface area (Å²) in [4.78, 5) is 16.4. The summed E-state index contributed by atoms with van der Waals surface area (Å²) in [6.07, 6.45) is 0. The summed E-state index contributed by atoms with van der Waals surface area (Å²) in [5.41, 5.74) is 0.491. The number of hydrogen-bond acceptors (Lipinski definition) is 3. The van der Waals surface area contributed by atoms with Crippen LogP contribution in [0, 0.1) is 5.41 Å². The summed E-state index contributed by atoms with van der Waals surface area (Å²) < 4.78 is 5.90. The highest BCUT2D eigenvalue weighted by atomic mass is 16.3. The van der Waals surface area contributed by atoms with Crippen molar-refractivity contribution in [1.29, 1.82) is 0 Å². The van der Waals surface area contributed by atoms with Crippen molar-refractivity contribution in [2.45, 2.75) is 40.7 Å². The van der Waals surface area contributed by atoms with Gasteiger partial charge in [0.2, 0.25) is 5.91 Å². The third kappa shape index (κ3) is 5.51. The van der Waals surface area contributed by atoms with Crippen molar-refractivity contribution in [3.63, 3.8) is 0 Å². The molecule has 0 aliphatic heterocycles. The molecule has 1 aromatic heterocycles. The molecular weight excluding hydrogens is 328 g/mol. The first-order chi connectivity index (χ1) is 12.3. The van der Waals surface area contributed by atoms with Crippen LogP contribution in [0.5, 0.6) is 0 Å². The highest BCUT2D eigenvalue weighted by Gasteiger charge is 2.20. The molecule has 0 saturated heterocycles. The number of hydrogen-bond donors (Lipinski definition) is 3. The van der Waals surface area contributed by atoms with Gasteiger partial charge in [0, 0.05) is 23.9 Å². The average Bonchev–Trinajstić information content (AvgIpc) is 3.02. The standard InChI is InChI=1S/C20H30N4O2/c1-6-21-19(23-12-11-22-18(25)20(3,4)5)24-14(2)17-13-15-9-7-8-10-16(15)26-17/h7-10,13-14H,6,11-12H2,1-5H3,(H,22,25)(H2,21,23,24). The van der Waals surface area contributed by atoms with Crippen LogP contribution in [0.25, 0.3) is 11.0 Å². The largest absolute Gasteiger partial charge is 0.459 e. The summed E-state index contributed by atoms with van der Waals surface area (Å²) in [6, 6.07) is 9.97. The van der Waals surface area contributed by atoms with Crippen LogP contribution in [-0.2, 0) is 4.79 Å². The van der Waals surface area contributed by atoms with Gasteiger partial charge in [0.05, 0.1) is 12.6 Å². The number of para-hydroxylation sites is 1. The zero-order valence-electron chi connectivity index (χ0n) is 16.3. The van der Waals surface area contributed by atoms with Crippen molar-refractivity contribution in [1.82, 2.24) is 16.0 Å². The first-order valence-electron chi connectivity index (χ1n) is 9.13. The van der Waals surface area contributed by atoms with E-state index >= 15 is 0 Å². The minimum absolute atomic E-state index is 0.0237. The van der Waals surface area contributed by atoms with Gasteiger partial charge in [-0.15, -0.1) is 0 Å². The molecule has 6 heteroatoms. The van der Waals surface area contributed by atoms with Gasteiger partial charge in [0.1, 0.15) is 11.3 Å². The van der Waals surface area contributed by atoms with E-state index in [-0.39, 0.29) is 17.4 Å². The van der Waals surface area contributed by atoms with Crippen LogP contribution in [0.3, 0.4) is 0 Å². The molecule has 1 aromatic carbocycles. The highest BCUT2D eigenvalue weighted by Crippen LogP contribution is 2.23. The molecule has 142 valence electrons. The number of nitrogens with zero attached hydrogens (tertiary/aromatic N) is 1. The number of amides is 1. The van der Waals surface area contributed by atoms with E-state index in [4.69, 9.17) is 4.42 Å². The first-order valence-corrected chi connectivity index (χ1v) is 9.13. The molecule has 0 saturated carbocycles. The van der Waals surface area contributed by atoms with Crippen molar-refractivity contribution < 1.29 is 9.21 Å². The predicted molar refractivity (Wildman–Crippen MR) is 106 cm³/mol. The number of carbonyl (C=O) groups is 1. The Bertz CT molecular complexity index is 726. The maximum Gasteiger partial charge on any atom is 0.225 e. The van der Waals surface area contributed by atoms with Gasteiger partial charge in [-0.2, -0.15) is 0 Å². The summed E-state index contributed by atoms with van der Waals surface area (Å²) in [6.45, 7) is 11.5. The molecule has 0 bridgehead atoms. The fourth-order valence-corrected chi connectivity index (χ4v) is 2.41. The van der Waals surface area contributed by atoms with E-state index in [1.54, 1.807) is 0 Å². The Labute approximate surface area is 155 Å². The summed E-state index contributed by atoms with van der Waals surface area (Å²) >= 11 is 0. The topological polar surface area (TPSA) is 78.7 Å². The number of nitrogens with one attached hydrogen (secondary N) is 3. The second kappa shape index (κ2) is 8.74. The average molecular weight is 358 g/mol. The van der Waals surface area contributed by atoms with Crippen LogP contribution >= 0.6 is 0 Å². The fraction of sp³-hybridized carbons (Fsp3) is 0.500. The maximum absolute atomic E-state index is 11.9. The van der Waals surface area contributed by atoms with Crippen LogP contribution in [0.15, 0.2) is 39.7 Å².